The van der Waals surface area contributed by atoms with E-state index in [2.05, 4.69) is 6.07 Å². The summed E-state index contributed by atoms with van der Waals surface area (Å²) in [5.41, 5.74) is 7.76. The fourth-order valence-electron chi connectivity index (χ4n) is 4.20. The monoisotopic (exact) mass is 247 g/mol. The van der Waals surface area contributed by atoms with E-state index in [-0.39, 0.29) is 11.2 Å². The molecule has 1 aromatic rings. The van der Waals surface area contributed by atoms with Crippen molar-refractivity contribution in [2.45, 2.75) is 50.4 Å². The summed E-state index contributed by atoms with van der Waals surface area (Å²) >= 11 is 0. The number of nitrogens with two attached hydrogens (primary N) is 1. The van der Waals surface area contributed by atoms with E-state index in [1.165, 1.54) is 50.5 Å². The van der Waals surface area contributed by atoms with Crippen LogP contribution in [0.1, 0.15) is 50.5 Å². The molecule has 0 heterocycles. The van der Waals surface area contributed by atoms with Gasteiger partial charge in [0.05, 0.1) is 0 Å². The molecule has 18 heavy (non-hydrogen) atoms. The predicted molar refractivity (Wildman–Crippen MR) is 71.9 cm³/mol. The Bertz CT molecular complexity index is 416. The smallest absolute Gasteiger partial charge is 0.123 e. The second-order valence-electron chi connectivity index (χ2n) is 6.33. The third-order valence-electron chi connectivity index (χ3n) is 5.51. The quantitative estimate of drug-likeness (QED) is 0.864. The van der Waals surface area contributed by atoms with Crippen molar-refractivity contribution in [3.8, 4) is 0 Å². The van der Waals surface area contributed by atoms with E-state index in [1.807, 2.05) is 6.07 Å². The van der Waals surface area contributed by atoms with Crippen LogP contribution in [0.15, 0.2) is 24.3 Å². The van der Waals surface area contributed by atoms with Crippen LogP contribution < -0.4 is 5.73 Å². The molecule has 0 aliphatic heterocycles. The molecular formula is C16H22FN. The lowest BCUT2D eigenvalue weighted by atomic mass is 9.51. The van der Waals surface area contributed by atoms with E-state index < -0.39 is 0 Å². The van der Waals surface area contributed by atoms with Crippen LogP contribution >= 0.6 is 0 Å². The Balaban J connectivity index is 1.84. The highest BCUT2D eigenvalue weighted by Crippen LogP contribution is 2.58. The summed E-state index contributed by atoms with van der Waals surface area (Å²) in [4.78, 5) is 0. The van der Waals surface area contributed by atoms with E-state index in [9.17, 15) is 4.39 Å². The molecule has 3 fully saturated rings. The molecule has 4 rings (SSSR count). The van der Waals surface area contributed by atoms with Crippen LogP contribution in [0, 0.1) is 11.2 Å². The van der Waals surface area contributed by atoms with Crippen LogP contribution in [-0.2, 0) is 5.41 Å². The zero-order valence-corrected chi connectivity index (χ0v) is 10.9. The molecule has 2 bridgehead atoms. The van der Waals surface area contributed by atoms with Gasteiger partial charge in [-0.3, -0.25) is 0 Å². The molecule has 1 nitrogen and oxygen atoms in total. The van der Waals surface area contributed by atoms with Gasteiger partial charge in [0.1, 0.15) is 5.82 Å². The maximum atomic E-state index is 13.4. The van der Waals surface area contributed by atoms with E-state index in [4.69, 9.17) is 5.73 Å². The minimum absolute atomic E-state index is 0.0914. The molecule has 3 aliphatic carbocycles. The van der Waals surface area contributed by atoms with Gasteiger partial charge in [0.15, 0.2) is 0 Å². The Hall–Kier alpha value is -0.890. The Morgan fingerprint density at radius 1 is 1.06 bits per heavy atom. The topological polar surface area (TPSA) is 26.0 Å². The van der Waals surface area contributed by atoms with Crippen LogP contribution in [0.4, 0.5) is 4.39 Å². The lowest BCUT2D eigenvalue weighted by Crippen LogP contribution is -2.44. The number of rotatable bonds is 3. The maximum Gasteiger partial charge on any atom is 0.123 e. The van der Waals surface area contributed by atoms with Gasteiger partial charge in [-0.05, 0) is 80.0 Å². The lowest BCUT2D eigenvalue weighted by Gasteiger charge is -2.54. The number of hydrogen-bond acceptors (Lipinski definition) is 1. The SMILES string of the molecule is NCCC12CCC(c3cccc(F)c3)(CC1)CC2. The second kappa shape index (κ2) is 4.34. The van der Waals surface area contributed by atoms with Gasteiger partial charge in [-0.1, -0.05) is 12.1 Å². The van der Waals surface area contributed by atoms with Gasteiger partial charge in [0.25, 0.3) is 0 Å². The molecule has 3 saturated carbocycles. The molecule has 0 saturated heterocycles. The van der Waals surface area contributed by atoms with Crippen molar-refractivity contribution < 1.29 is 4.39 Å². The largest absolute Gasteiger partial charge is 0.330 e. The molecule has 0 spiro atoms. The molecule has 0 unspecified atom stereocenters. The van der Waals surface area contributed by atoms with Gasteiger partial charge < -0.3 is 5.73 Å². The van der Waals surface area contributed by atoms with Crippen LogP contribution in [0.25, 0.3) is 0 Å². The molecule has 0 radical (unpaired) electrons. The first-order valence-corrected chi connectivity index (χ1v) is 7.14. The number of benzene rings is 1. The summed E-state index contributed by atoms with van der Waals surface area (Å²) in [6, 6.07) is 7.27. The average molecular weight is 247 g/mol. The highest BCUT2D eigenvalue weighted by Gasteiger charge is 2.48. The predicted octanol–water partition coefficient (Wildman–Crippen LogP) is 3.77. The van der Waals surface area contributed by atoms with Crippen LogP contribution in [-0.4, -0.2) is 6.54 Å². The molecule has 0 aromatic heterocycles. The van der Waals surface area contributed by atoms with Gasteiger partial charge >= 0.3 is 0 Å². The summed E-state index contributed by atoms with van der Waals surface area (Å²) < 4.78 is 13.4. The zero-order valence-electron chi connectivity index (χ0n) is 10.9. The first kappa shape index (κ1) is 12.2. The Labute approximate surface area is 109 Å². The second-order valence-corrected chi connectivity index (χ2v) is 6.33. The summed E-state index contributed by atoms with van der Waals surface area (Å²) in [7, 11) is 0. The van der Waals surface area contributed by atoms with Gasteiger partial charge in [-0.2, -0.15) is 0 Å². The van der Waals surface area contributed by atoms with E-state index in [1.54, 1.807) is 12.1 Å². The molecule has 2 N–H and O–H groups in total. The third kappa shape index (κ3) is 1.87. The number of halogens is 1. The molecule has 3 aliphatic rings. The highest BCUT2D eigenvalue weighted by molar-refractivity contribution is 5.29. The first-order chi connectivity index (χ1) is 8.68. The summed E-state index contributed by atoms with van der Waals surface area (Å²) in [6.07, 6.45) is 8.66. The summed E-state index contributed by atoms with van der Waals surface area (Å²) in [6.45, 7) is 0.812. The number of hydrogen-bond donors (Lipinski definition) is 1. The molecule has 0 atom stereocenters. The van der Waals surface area contributed by atoms with E-state index in [0.29, 0.717) is 5.41 Å². The zero-order chi connectivity index (χ0) is 12.6. The molecule has 0 amide bonds. The lowest BCUT2D eigenvalue weighted by molar-refractivity contribution is 0.0345. The van der Waals surface area contributed by atoms with Crippen molar-refractivity contribution in [3.05, 3.63) is 35.6 Å². The van der Waals surface area contributed by atoms with Crippen molar-refractivity contribution >= 4 is 0 Å². The summed E-state index contributed by atoms with van der Waals surface area (Å²) in [5.74, 6) is -0.0914. The van der Waals surface area contributed by atoms with Crippen molar-refractivity contribution in [1.82, 2.24) is 0 Å². The van der Waals surface area contributed by atoms with Gasteiger partial charge in [0, 0.05) is 0 Å². The Morgan fingerprint density at radius 3 is 2.28 bits per heavy atom. The Kier molecular flexibility index (Phi) is 2.93. The van der Waals surface area contributed by atoms with Crippen LogP contribution in [0.2, 0.25) is 0 Å². The Morgan fingerprint density at radius 2 is 1.72 bits per heavy atom. The van der Waals surface area contributed by atoms with Crippen LogP contribution in [0.5, 0.6) is 0 Å². The van der Waals surface area contributed by atoms with Crippen molar-refractivity contribution in [2.75, 3.05) is 6.54 Å². The molecule has 2 heteroatoms. The maximum absolute atomic E-state index is 13.4. The fraction of sp³-hybridized carbons (Fsp3) is 0.625. The first-order valence-electron chi connectivity index (χ1n) is 7.14. The average Bonchev–Trinajstić information content (AvgIpc) is 2.41. The molecule has 1 aromatic carbocycles. The number of fused-ring (bicyclic) bond motifs is 3. The van der Waals surface area contributed by atoms with Crippen molar-refractivity contribution in [3.63, 3.8) is 0 Å². The highest BCUT2D eigenvalue weighted by atomic mass is 19.1. The fourth-order valence-corrected chi connectivity index (χ4v) is 4.20. The molecular weight excluding hydrogens is 225 g/mol. The minimum atomic E-state index is -0.0914. The van der Waals surface area contributed by atoms with E-state index >= 15 is 0 Å². The summed E-state index contributed by atoms with van der Waals surface area (Å²) in [5, 5.41) is 0. The van der Waals surface area contributed by atoms with Gasteiger partial charge in [-0.15, -0.1) is 0 Å². The van der Waals surface area contributed by atoms with Crippen molar-refractivity contribution in [1.29, 1.82) is 0 Å². The molecule has 98 valence electrons. The normalized spacial score (nSPS) is 34.8. The standard InChI is InChI=1S/C16H22FN/c17-14-3-1-2-13(12-14)16-7-4-15(5-8-16,6-9-16)10-11-18/h1-3,12H,4-11,18H2. The third-order valence-corrected chi connectivity index (χ3v) is 5.51. The van der Waals surface area contributed by atoms with E-state index in [0.717, 1.165) is 6.54 Å². The minimum Gasteiger partial charge on any atom is -0.330 e. The van der Waals surface area contributed by atoms with Gasteiger partial charge in [0.2, 0.25) is 0 Å². The van der Waals surface area contributed by atoms with Gasteiger partial charge in [-0.25, -0.2) is 4.39 Å². The van der Waals surface area contributed by atoms with Crippen molar-refractivity contribution in [2.24, 2.45) is 11.1 Å². The van der Waals surface area contributed by atoms with Crippen LogP contribution in [0.3, 0.4) is 0 Å².